The zero-order valence-corrected chi connectivity index (χ0v) is 13.7. The molecule has 0 aliphatic rings. The Morgan fingerprint density at radius 1 is 1.58 bits per heavy atom. The summed E-state index contributed by atoms with van der Waals surface area (Å²) in [6, 6.07) is 1.88. The first kappa shape index (κ1) is 14.6. The van der Waals surface area contributed by atoms with Gasteiger partial charge in [0.25, 0.3) is 0 Å². The lowest BCUT2D eigenvalue weighted by Gasteiger charge is -2.12. The second-order valence-electron chi connectivity index (χ2n) is 4.35. The predicted octanol–water partition coefficient (Wildman–Crippen LogP) is 3.06. The first-order valence-electron chi connectivity index (χ1n) is 6.15. The van der Waals surface area contributed by atoms with Gasteiger partial charge in [0, 0.05) is 19.5 Å². The highest BCUT2D eigenvalue weighted by Crippen LogP contribution is 2.33. The van der Waals surface area contributed by atoms with Gasteiger partial charge in [0.1, 0.15) is 5.75 Å². The van der Waals surface area contributed by atoms with E-state index in [0.29, 0.717) is 0 Å². The molecule has 0 radical (unpaired) electrons. The van der Waals surface area contributed by atoms with E-state index in [0.717, 1.165) is 39.3 Å². The topological polar surface area (TPSA) is 53.1 Å². The second-order valence-corrected chi connectivity index (χ2v) is 6.09. The molecule has 1 unspecified atom stereocenters. The Hall–Kier alpha value is -0.850. The maximum atomic E-state index is 6.30. The maximum Gasteiger partial charge on any atom is 0.134 e. The summed E-state index contributed by atoms with van der Waals surface area (Å²) < 4.78 is 8.31. The molecular formula is C13H18BrN3OS. The summed E-state index contributed by atoms with van der Waals surface area (Å²) in [5.41, 5.74) is 8.50. The van der Waals surface area contributed by atoms with Gasteiger partial charge in [-0.05, 0) is 33.8 Å². The number of aryl methyl sites for hydroxylation is 2. The molecule has 0 saturated heterocycles. The molecule has 0 bridgehead atoms. The van der Waals surface area contributed by atoms with Crippen LogP contribution in [0.15, 0.2) is 15.9 Å². The van der Waals surface area contributed by atoms with Crippen LogP contribution in [0, 0.1) is 0 Å². The van der Waals surface area contributed by atoms with E-state index in [9.17, 15) is 0 Å². The van der Waals surface area contributed by atoms with Gasteiger partial charge >= 0.3 is 0 Å². The number of halogens is 1. The highest BCUT2D eigenvalue weighted by Gasteiger charge is 2.19. The van der Waals surface area contributed by atoms with Gasteiger partial charge in [0.2, 0.25) is 0 Å². The predicted molar refractivity (Wildman–Crippen MR) is 81.8 cm³/mol. The van der Waals surface area contributed by atoms with Crippen LogP contribution in [-0.2, 0) is 19.9 Å². The third kappa shape index (κ3) is 2.85. The minimum atomic E-state index is -0.0774. The fourth-order valence-corrected chi connectivity index (χ4v) is 3.73. The number of nitrogens with zero attached hydrogens (tertiary/aromatic N) is 2. The molecule has 0 saturated carbocycles. The largest absolute Gasteiger partial charge is 0.496 e. The molecule has 2 N–H and O–H groups in total. The van der Waals surface area contributed by atoms with Crippen molar-refractivity contribution in [2.45, 2.75) is 25.8 Å². The molecule has 0 aromatic carbocycles. The molecule has 2 rings (SSSR count). The standard InChI is InChI=1S/C13H18BrN3OS/c1-4-9-12(14)10(17(2)16-9)7-8(15)13-11(18-3)5-6-19-13/h5-6,8H,4,7,15H2,1-3H3. The van der Waals surface area contributed by atoms with E-state index in [1.807, 2.05) is 23.2 Å². The fourth-order valence-electron chi connectivity index (χ4n) is 2.09. The van der Waals surface area contributed by atoms with E-state index >= 15 is 0 Å². The van der Waals surface area contributed by atoms with Crippen LogP contribution in [0.4, 0.5) is 0 Å². The number of nitrogens with two attached hydrogens (primary N) is 1. The summed E-state index contributed by atoms with van der Waals surface area (Å²) in [6.45, 7) is 2.10. The number of methoxy groups -OCH3 is 1. The van der Waals surface area contributed by atoms with Gasteiger partial charge < -0.3 is 10.5 Å². The zero-order valence-electron chi connectivity index (χ0n) is 11.3. The molecule has 2 aromatic rings. The quantitative estimate of drug-likeness (QED) is 0.907. The van der Waals surface area contributed by atoms with E-state index in [1.54, 1.807) is 18.4 Å². The maximum absolute atomic E-state index is 6.30. The van der Waals surface area contributed by atoms with Gasteiger partial charge in [0.15, 0.2) is 0 Å². The Morgan fingerprint density at radius 2 is 2.32 bits per heavy atom. The number of aromatic nitrogens is 2. The van der Waals surface area contributed by atoms with Gasteiger partial charge in [-0.25, -0.2) is 0 Å². The Kier molecular flexibility index (Phi) is 4.65. The van der Waals surface area contributed by atoms with E-state index in [1.165, 1.54) is 0 Å². The van der Waals surface area contributed by atoms with Crippen molar-refractivity contribution in [1.82, 2.24) is 9.78 Å². The van der Waals surface area contributed by atoms with Crippen molar-refractivity contribution in [3.05, 3.63) is 32.2 Å². The van der Waals surface area contributed by atoms with Crippen LogP contribution >= 0.6 is 27.3 Å². The van der Waals surface area contributed by atoms with E-state index in [-0.39, 0.29) is 6.04 Å². The molecule has 104 valence electrons. The molecule has 2 heterocycles. The summed E-state index contributed by atoms with van der Waals surface area (Å²) in [4.78, 5) is 1.08. The molecule has 0 aliphatic carbocycles. The van der Waals surface area contributed by atoms with Gasteiger partial charge in [0.05, 0.1) is 27.8 Å². The van der Waals surface area contributed by atoms with Crippen LogP contribution in [0.3, 0.4) is 0 Å². The molecule has 6 heteroatoms. The molecule has 1 atom stereocenters. The van der Waals surface area contributed by atoms with E-state index < -0.39 is 0 Å². The zero-order chi connectivity index (χ0) is 14.0. The lowest BCUT2D eigenvalue weighted by molar-refractivity contribution is 0.408. The fraction of sp³-hybridized carbons (Fsp3) is 0.462. The highest BCUT2D eigenvalue weighted by atomic mass is 79.9. The van der Waals surface area contributed by atoms with Crippen molar-refractivity contribution in [1.29, 1.82) is 0 Å². The Bertz CT molecular complexity index is 564. The number of ether oxygens (including phenoxy) is 1. The van der Waals surface area contributed by atoms with Crippen LogP contribution < -0.4 is 10.5 Å². The molecule has 2 aromatic heterocycles. The first-order chi connectivity index (χ1) is 9.08. The Morgan fingerprint density at radius 3 is 2.89 bits per heavy atom. The van der Waals surface area contributed by atoms with E-state index in [2.05, 4.69) is 28.0 Å². The lowest BCUT2D eigenvalue weighted by Crippen LogP contribution is -2.15. The van der Waals surface area contributed by atoms with Crippen LogP contribution in [-0.4, -0.2) is 16.9 Å². The van der Waals surface area contributed by atoms with Crippen molar-refractivity contribution < 1.29 is 4.74 Å². The first-order valence-corrected chi connectivity index (χ1v) is 7.82. The van der Waals surface area contributed by atoms with Crippen molar-refractivity contribution in [3.63, 3.8) is 0 Å². The molecule has 19 heavy (non-hydrogen) atoms. The highest BCUT2D eigenvalue weighted by molar-refractivity contribution is 9.10. The average molecular weight is 344 g/mol. The van der Waals surface area contributed by atoms with Crippen LogP contribution in [0.25, 0.3) is 0 Å². The smallest absolute Gasteiger partial charge is 0.134 e. The minimum Gasteiger partial charge on any atom is -0.496 e. The molecular weight excluding hydrogens is 326 g/mol. The summed E-state index contributed by atoms with van der Waals surface area (Å²) >= 11 is 5.25. The third-order valence-electron chi connectivity index (χ3n) is 3.13. The molecule has 0 spiro atoms. The lowest BCUT2D eigenvalue weighted by atomic mass is 10.1. The van der Waals surface area contributed by atoms with Gasteiger partial charge in [-0.3, -0.25) is 4.68 Å². The van der Waals surface area contributed by atoms with E-state index in [4.69, 9.17) is 10.5 Å². The number of hydrogen-bond acceptors (Lipinski definition) is 4. The van der Waals surface area contributed by atoms with Crippen molar-refractivity contribution in [3.8, 4) is 5.75 Å². The number of rotatable bonds is 5. The van der Waals surface area contributed by atoms with Crippen molar-refractivity contribution in [2.75, 3.05) is 7.11 Å². The van der Waals surface area contributed by atoms with Crippen molar-refractivity contribution >= 4 is 27.3 Å². The summed E-state index contributed by atoms with van der Waals surface area (Å²) in [5, 5.41) is 6.50. The SMILES string of the molecule is CCc1nn(C)c(CC(N)c2sccc2OC)c1Br. The summed E-state index contributed by atoms with van der Waals surface area (Å²) in [7, 11) is 3.63. The third-order valence-corrected chi connectivity index (χ3v) is 5.08. The van der Waals surface area contributed by atoms with Crippen LogP contribution in [0.1, 0.15) is 29.2 Å². The summed E-state index contributed by atoms with van der Waals surface area (Å²) in [5.74, 6) is 0.867. The Balaban J connectivity index is 2.24. The van der Waals surface area contributed by atoms with Crippen LogP contribution in [0.5, 0.6) is 5.75 Å². The van der Waals surface area contributed by atoms with Gasteiger partial charge in [-0.1, -0.05) is 6.92 Å². The average Bonchev–Trinajstić information content (AvgIpc) is 2.97. The van der Waals surface area contributed by atoms with Crippen LogP contribution in [0.2, 0.25) is 0 Å². The molecule has 0 fully saturated rings. The summed E-state index contributed by atoms with van der Waals surface area (Å²) in [6.07, 6.45) is 1.65. The molecule has 0 aliphatic heterocycles. The minimum absolute atomic E-state index is 0.0774. The number of thiophene rings is 1. The second kappa shape index (κ2) is 6.07. The van der Waals surface area contributed by atoms with Crippen molar-refractivity contribution in [2.24, 2.45) is 12.8 Å². The molecule has 4 nitrogen and oxygen atoms in total. The van der Waals surface area contributed by atoms with Gasteiger partial charge in [-0.2, -0.15) is 5.10 Å². The monoisotopic (exact) mass is 343 g/mol. The number of hydrogen-bond donors (Lipinski definition) is 1. The van der Waals surface area contributed by atoms with Gasteiger partial charge in [-0.15, -0.1) is 11.3 Å². The Labute approximate surface area is 125 Å². The molecule has 0 amide bonds. The normalized spacial score (nSPS) is 12.7.